The van der Waals surface area contributed by atoms with Crippen molar-refractivity contribution in [2.24, 2.45) is 0 Å². The molecule has 9 nitrogen and oxygen atoms in total. The molecule has 1 atom stereocenters. The number of para-hydroxylation sites is 1. The minimum Gasteiger partial charge on any atom is -0.488 e. The molecule has 3 heterocycles. The summed E-state index contributed by atoms with van der Waals surface area (Å²) >= 11 is 12.5. The van der Waals surface area contributed by atoms with Crippen LogP contribution in [0.5, 0.6) is 5.75 Å². The maximum atomic E-state index is 12.8. The van der Waals surface area contributed by atoms with Crippen LogP contribution in [0.25, 0.3) is 16.7 Å². The Balaban J connectivity index is 1.46. The smallest absolute Gasteiger partial charge is 0.333 e. The number of ether oxygens (including phenoxy) is 1. The Morgan fingerprint density at radius 2 is 2.03 bits per heavy atom. The van der Waals surface area contributed by atoms with Crippen LogP contribution in [0.3, 0.4) is 0 Å². The number of fused-ring (bicyclic) bond motifs is 2. The van der Waals surface area contributed by atoms with Gasteiger partial charge in [-0.15, -0.1) is 0 Å². The number of aromatic amines is 1. The lowest BCUT2D eigenvalue weighted by Crippen LogP contribution is -2.34. The van der Waals surface area contributed by atoms with Gasteiger partial charge < -0.3 is 15.0 Å². The Morgan fingerprint density at radius 1 is 1.26 bits per heavy atom. The van der Waals surface area contributed by atoms with Crippen LogP contribution in [0.15, 0.2) is 47.4 Å². The summed E-state index contributed by atoms with van der Waals surface area (Å²) in [5, 5.41) is 12.6. The van der Waals surface area contributed by atoms with E-state index in [0.717, 1.165) is 34.5 Å². The third-order valence-electron chi connectivity index (χ3n) is 5.48. The van der Waals surface area contributed by atoms with Crippen LogP contribution >= 0.6 is 23.2 Å². The third-order valence-corrected chi connectivity index (χ3v) is 6.09. The fourth-order valence-electron chi connectivity index (χ4n) is 4.04. The number of nitrogens with zero attached hydrogens (tertiary/aromatic N) is 4. The monoisotopic (exact) mass is 497 g/mol. The van der Waals surface area contributed by atoms with Crippen molar-refractivity contribution in [1.29, 1.82) is 5.41 Å². The molecule has 0 radical (unpaired) electrons. The maximum absolute atomic E-state index is 12.8. The molecule has 1 aliphatic rings. The fraction of sp³-hybridized carbons (Fsp3) is 0.217. The fourth-order valence-corrected chi connectivity index (χ4v) is 4.61. The number of likely N-dealkylation sites (N-methyl/N-ethyl adjacent to an activating group) is 1. The van der Waals surface area contributed by atoms with Crippen molar-refractivity contribution >= 4 is 45.9 Å². The third kappa shape index (κ3) is 4.13. The van der Waals surface area contributed by atoms with Gasteiger partial charge in [0.2, 0.25) is 5.95 Å². The summed E-state index contributed by atoms with van der Waals surface area (Å²) in [6.07, 6.45) is 2.42. The molecular formula is C23H21Cl2N7O2. The lowest BCUT2D eigenvalue weighted by Gasteiger charge is -2.15. The number of rotatable bonds is 5. The van der Waals surface area contributed by atoms with Gasteiger partial charge in [-0.2, -0.15) is 4.98 Å². The van der Waals surface area contributed by atoms with Gasteiger partial charge in [0.25, 0.3) is 0 Å². The normalized spacial score (nSPS) is 14.9. The molecule has 3 N–H and O–H groups in total. The molecule has 0 fully saturated rings. The second kappa shape index (κ2) is 8.75. The Labute approximate surface area is 204 Å². The van der Waals surface area contributed by atoms with Gasteiger partial charge in [-0.1, -0.05) is 29.3 Å². The van der Waals surface area contributed by atoms with Gasteiger partial charge in [0.1, 0.15) is 17.3 Å². The number of halogens is 2. The van der Waals surface area contributed by atoms with Gasteiger partial charge in [-0.05, 0) is 50.0 Å². The highest BCUT2D eigenvalue weighted by atomic mass is 35.5. The predicted octanol–water partition coefficient (Wildman–Crippen LogP) is 3.50. The summed E-state index contributed by atoms with van der Waals surface area (Å²) in [7, 11) is 4.04. The number of hydrogen-bond acceptors (Lipinski definition) is 7. The summed E-state index contributed by atoms with van der Waals surface area (Å²) in [5.74, 6) is 1.17. The van der Waals surface area contributed by atoms with Gasteiger partial charge in [-0.3, -0.25) is 10.4 Å². The summed E-state index contributed by atoms with van der Waals surface area (Å²) < 4.78 is 7.09. The number of anilines is 2. The molecular weight excluding hydrogens is 477 g/mol. The van der Waals surface area contributed by atoms with E-state index in [2.05, 4.69) is 25.2 Å². The molecule has 2 aromatic heterocycles. The summed E-state index contributed by atoms with van der Waals surface area (Å²) in [6, 6.07) is 10.7. The van der Waals surface area contributed by atoms with E-state index >= 15 is 0 Å². The molecule has 174 valence electrons. The number of hydrogen-bond donors (Lipinski definition) is 3. The molecule has 0 saturated heterocycles. The average molecular weight is 498 g/mol. The molecule has 1 aliphatic heterocycles. The van der Waals surface area contributed by atoms with Crippen molar-refractivity contribution in [2.75, 3.05) is 26.0 Å². The minimum atomic E-state index is -0.584. The topological polar surface area (TPSA) is 112 Å². The van der Waals surface area contributed by atoms with Crippen LogP contribution in [0.2, 0.25) is 10.0 Å². The van der Waals surface area contributed by atoms with Crippen molar-refractivity contribution in [1.82, 2.24) is 24.4 Å². The molecule has 1 unspecified atom stereocenters. The first-order valence-corrected chi connectivity index (χ1v) is 11.3. The van der Waals surface area contributed by atoms with Crippen LogP contribution in [0, 0.1) is 5.41 Å². The predicted molar refractivity (Wildman–Crippen MR) is 132 cm³/mol. The molecule has 4 aromatic rings. The van der Waals surface area contributed by atoms with E-state index in [0.29, 0.717) is 11.3 Å². The Hall–Kier alpha value is -3.40. The maximum Gasteiger partial charge on any atom is 0.333 e. The molecule has 0 amide bonds. The Morgan fingerprint density at radius 3 is 2.76 bits per heavy atom. The zero-order valence-corrected chi connectivity index (χ0v) is 19.9. The molecule has 0 spiro atoms. The van der Waals surface area contributed by atoms with Gasteiger partial charge >= 0.3 is 5.69 Å². The van der Waals surface area contributed by atoms with Crippen molar-refractivity contribution in [3.63, 3.8) is 0 Å². The molecule has 34 heavy (non-hydrogen) atoms. The highest BCUT2D eigenvalue weighted by Crippen LogP contribution is 2.32. The first-order valence-electron chi connectivity index (χ1n) is 10.5. The first kappa shape index (κ1) is 22.4. The van der Waals surface area contributed by atoms with E-state index in [9.17, 15) is 4.79 Å². The lowest BCUT2D eigenvalue weighted by atomic mass is 10.1. The molecule has 11 heteroatoms. The van der Waals surface area contributed by atoms with Crippen molar-refractivity contribution < 1.29 is 4.74 Å². The second-order valence-electron chi connectivity index (χ2n) is 8.29. The second-order valence-corrected chi connectivity index (χ2v) is 9.11. The summed E-state index contributed by atoms with van der Waals surface area (Å²) in [4.78, 5) is 26.4. The first-order chi connectivity index (χ1) is 16.3. The average Bonchev–Trinajstić information content (AvgIpc) is 3.16. The summed E-state index contributed by atoms with van der Waals surface area (Å²) in [6.45, 7) is 0.841. The van der Waals surface area contributed by atoms with Gasteiger partial charge in [0, 0.05) is 24.8 Å². The van der Waals surface area contributed by atoms with Crippen LogP contribution in [0.1, 0.15) is 5.56 Å². The molecule has 0 aliphatic carbocycles. The van der Waals surface area contributed by atoms with E-state index in [-0.39, 0.29) is 33.0 Å². The lowest BCUT2D eigenvalue weighted by molar-refractivity contribution is 0.184. The molecule has 2 aromatic carbocycles. The summed E-state index contributed by atoms with van der Waals surface area (Å²) in [5.41, 5.74) is 1.66. The standard InChI is InChI=1S/C23H21Cl2N7O2/c1-31(2)11-14-9-12-8-13(6-7-18(12)34-14)28-22-27-10-15-20(26)32(23(33)30-21(15)29-22)19-16(24)4-3-5-17(19)25/h3-8,10,14,26H,9,11H2,1-2H3,(H2,27,28,29,30,33). The molecule has 0 bridgehead atoms. The Bertz CT molecular complexity index is 1510. The van der Waals surface area contributed by atoms with Crippen LogP contribution in [-0.4, -0.2) is 51.2 Å². The highest BCUT2D eigenvalue weighted by molar-refractivity contribution is 6.37. The minimum absolute atomic E-state index is 0.121. The number of H-pyrrole nitrogens is 1. The zero-order chi connectivity index (χ0) is 24.0. The number of benzene rings is 2. The largest absolute Gasteiger partial charge is 0.488 e. The van der Waals surface area contributed by atoms with Crippen molar-refractivity contribution in [3.05, 3.63) is 74.2 Å². The van der Waals surface area contributed by atoms with E-state index in [1.165, 1.54) is 6.20 Å². The van der Waals surface area contributed by atoms with E-state index in [1.54, 1.807) is 18.2 Å². The quantitative estimate of drug-likeness (QED) is 0.389. The van der Waals surface area contributed by atoms with Crippen LogP contribution in [0.4, 0.5) is 11.6 Å². The zero-order valence-electron chi connectivity index (χ0n) is 18.4. The molecule has 0 saturated carbocycles. The van der Waals surface area contributed by atoms with Crippen molar-refractivity contribution in [2.45, 2.75) is 12.5 Å². The molecule has 5 rings (SSSR count). The van der Waals surface area contributed by atoms with Gasteiger partial charge in [0.15, 0.2) is 5.65 Å². The van der Waals surface area contributed by atoms with E-state index < -0.39 is 5.69 Å². The number of aromatic nitrogens is 4. The van der Waals surface area contributed by atoms with Crippen LogP contribution in [-0.2, 0) is 6.42 Å². The number of nitrogens with one attached hydrogen (secondary N) is 3. The SMILES string of the molecule is CN(C)CC1Cc2cc(Nc3ncc4c(=N)n(-c5c(Cl)cccc5Cl)c(=O)[nH]c4n3)ccc2O1. The highest BCUT2D eigenvalue weighted by Gasteiger charge is 2.23. The van der Waals surface area contributed by atoms with Crippen LogP contribution < -0.4 is 21.2 Å². The van der Waals surface area contributed by atoms with Crippen molar-refractivity contribution in [3.8, 4) is 11.4 Å². The van der Waals surface area contributed by atoms with E-state index in [1.807, 2.05) is 32.3 Å². The van der Waals surface area contributed by atoms with Gasteiger partial charge in [0.05, 0.1) is 21.1 Å². The van der Waals surface area contributed by atoms with Gasteiger partial charge in [-0.25, -0.2) is 14.3 Å². The van der Waals surface area contributed by atoms with E-state index in [4.69, 9.17) is 33.3 Å². The Kier molecular flexibility index (Phi) is 5.76.